The summed E-state index contributed by atoms with van der Waals surface area (Å²) in [5.41, 5.74) is -0.829. The first-order valence-electron chi connectivity index (χ1n) is 11.3. The minimum Gasteiger partial charge on any atom is -0.387 e. The molecule has 0 saturated carbocycles. The first kappa shape index (κ1) is 26.9. The SMILES string of the molecule is CCNC(=NCC(C)(O)CN1CCOCC1)NCCCCN1CCCC(C)C1.I. The Bertz CT molecular complexity index is 458. The Morgan fingerprint density at radius 2 is 1.93 bits per heavy atom. The topological polar surface area (TPSA) is 72.4 Å². The van der Waals surface area contributed by atoms with Crippen LogP contribution in [0.5, 0.6) is 0 Å². The molecule has 172 valence electrons. The van der Waals surface area contributed by atoms with Crippen molar-refractivity contribution in [2.75, 3.05) is 72.1 Å². The molecule has 2 heterocycles. The highest BCUT2D eigenvalue weighted by atomic mass is 127. The Kier molecular flexibility index (Phi) is 13.7. The summed E-state index contributed by atoms with van der Waals surface area (Å²) in [5.74, 6) is 1.65. The first-order chi connectivity index (χ1) is 13.5. The van der Waals surface area contributed by atoms with Crippen LogP contribution in [0.4, 0.5) is 0 Å². The van der Waals surface area contributed by atoms with E-state index < -0.39 is 5.60 Å². The van der Waals surface area contributed by atoms with Crippen LogP contribution < -0.4 is 10.6 Å². The van der Waals surface area contributed by atoms with E-state index in [1.54, 1.807) is 0 Å². The van der Waals surface area contributed by atoms with Gasteiger partial charge in [-0.1, -0.05) is 6.92 Å². The second-order valence-corrected chi connectivity index (χ2v) is 8.76. The molecule has 0 radical (unpaired) electrons. The van der Waals surface area contributed by atoms with Crippen LogP contribution in [-0.2, 0) is 4.74 Å². The van der Waals surface area contributed by atoms with Crippen molar-refractivity contribution in [3.63, 3.8) is 0 Å². The molecule has 0 aromatic rings. The van der Waals surface area contributed by atoms with Crippen LogP contribution in [0.25, 0.3) is 0 Å². The average molecular weight is 526 g/mol. The number of aliphatic imine (C=N–C) groups is 1. The highest BCUT2D eigenvalue weighted by Gasteiger charge is 2.25. The molecule has 0 aliphatic carbocycles. The monoisotopic (exact) mass is 525 g/mol. The molecule has 0 amide bonds. The van der Waals surface area contributed by atoms with E-state index in [1.165, 1.54) is 38.9 Å². The summed E-state index contributed by atoms with van der Waals surface area (Å²) in [6.07, 6.45) is 5.09. The molecule has 2 aliphatic rings. The second-order valence-electron chi connectivity index (χ2n) is 8.76. The van der Waals surface area contributed by atoms with Crippen molar-refractivity contribution in [3.8, 4) is 0 Å². The summed E-state index contributed by atoms with van der Waals surface area (Å²) in [5, 5.41) is 17.4. The predicted molar refractivity (Wildman–Crippen MR) is 131 cm³/mol. The van der Waals surface area contributed by atoms with Crippen molar-refractivity contribution in [1.82, 2.24) is 20.4 Å². The van der Waals surface area contributed by atoms with Gasteiger partial charge in [-0.3, -0.25) is 9.89 Å². The van der Waals surface area contributed by atoms with Gasteiger partial charge in [0, 0.05) is 39.3 Å². The molecule has 2 unspecified atom stereocenters. The van der Waals surface area contributed by atoms with Crippen LogP contribution in [0, 0.1) is 5.92 Å². The van der Waals surface area contributed by atoms with E-state index in [-0.39, 0.29) is 24.0 Å². The van der Waals surface area contributed by atoms with Crippen molar-refractivity contribution >= 4 is 29.9 Å². The number of nitrogens with one attached hydrogen (secondary N) is 2. The average Bonchev–Trinajstić information content (AvgIpc) is 2.66. The number of nitrogens with zero attached hydrogens (tertiary/aromatic N) is 3. The van der Waals surface area contributed by atoms with Gasteiger partial charge in [-0.2, -0.15) is 0 Å². The number of guanidine groups is 1. The Hall–Kier alpha value is -0.160. The third-order valence-corrected chi connectivity index (χ3v) is 5.52. The molecule has 29 heavy (non-hydrogen) atoms. The molecule has 2 aliphatic heterocycles. The molecule has 7 nitrogen and oxygen atoms in total. The van der Waals surface area contributed by atoms with Gasteiger partial charge >= 0.3 is 0 Å². The minimum absolute atomic E-state index is 0. The van der Waals surface area contributed by atoms with Gasteiger partial charge in [-0.05, 0) is 58.5 Å². The van der Waals surface area contributed by atoms with E-state index >= 15 is 0 Å². The summed E-state index contributed by atoms with van der Waals surface area (Å²) in [6, 6.07) is 0. The van der Waals surface area contributed by atoms with E-state index in [4.69, 9.17) is 4.74 Å². The van der Waals surface area contributed by atoms with E-state index in [0.717, 1.165) is 57.7 Å². The van der Waals surface area contributed by atoms with E-state index in [1.807, 2.05) is 6.92 Å². The number of halogens is 1. The lowest BCUT2D eigenvalue weighted by Gasteiger charge is -2.33. The fourth-order valence-electron chi connectivity index (χ4n) is 4.04. The highest BCUT2D eigenvalue weighted by molar-refractivity contribution is 14.0. The van der Waals surface area contributed by atoms with Crippen molar-refractivity contribution in [2.45, 2.75) is 52.1 Å². The van der Waals surface area contributed by atoms with Crippen LogP contribution in [0.2, 0.25) is 0 Å². The van der Waals surface area contributed by atoms with Crippen molar-refractivity contribution in [1.29, 1.82) is 0 Å². The zero-order valence-corrected chi connectivity index (χ0v) is 21.1. The van der Waals surface area contributed by atoms with Crippen molar-refractivity contribution < 1.29 is 9.84 Å². The van der Waals surface area contributed by atoms with Crippen molar-refractivity contribution in [2.24, 2.45) is 10.9 Å². The molecule has 0 bridgehead atoms. The Balaban J connectivity index is 0.00000420. The number of ether oxygens (including phenoxy) is 1. The van der Waals surface area contributed by atoms with Gasteiger partial charge in [0.05, 0.1) is 25.4 Å². The van der Waals surface area contributed by atoms with Gasteiger partial charge in [0.25, 0.3) is 0 Å². The van der Waals surface area contributed by atoms with E-state index in [9.17, 15) is 5.11 Å². The van der Waals surface area contributed by atoms with Crippen LogP contribution in [0.1, 0.15) is 46.5 Å². The van der Waals surface area contributed by atoms with Gasteiger partial charge in [0.1, 0.15) is 0 Å². The van der Waals surface area contributed by atoms with Crippen LogP contribution in [0.3, 0.4) is 0 Å². The molecule has 0 aromatic carbocycles. The maximum Gasteiger partial charge on any atom is 0.191 e. The third kappa shape index (κ3) is 11.7. The summed E-state index contributed by atoms with van der Waals surface area (Å²) >= 11 is 0. The number of aliphatic hydroxyl groups is 1. The largest absolute Gasteiger partial charge is 0.387 e. The Labute approximate surface area is 195 Å². The molecule has 2 saturated heterocycles. The Morgan fingerprint density at radius 1 is 1.17 bits per heavy atom. The maximum atomic E-state index is 10.7. The Morgan fingerprint density at radius 3 is 2.62 bits per heavy atom. The smallest absolute Gasteiger partial charge is 0.191 e. The van der Waals surface area contributed by atoms with Crippen molar-refractivity contribution in [3.05, 3.63) is 0 Å². The van der Waals surface area contributed by atoms with Crippen LogP contribution in [0.15, 0.2) is 4.99 Å². The number of likely N-dealkylation sites (tertiary alicyclic amines) is 1. The number of rotatable bonds is 10. The van der Waals surface area contributed by atoms with E-state index in [2.05, 4.69) is 39.3 Å². The molecule has 2 rings (SSSR count). The number of hydrogen-bond acceptors (Lipinski definition) is 5. The summed E-state index contributed by atoms with van der Waals surface area (Å²) in [7, 11) is 0. The molecule has 2 atom stereocenters. The van der Waals surface area contributed by atoms with Gasteiger partial charge < -0.3 is 25.4 Å². The number of hydrogen-bond donors (Lipinski definition) is 3. The third-order valence-electron chi connectivity index (χ3n) is 5.52. The predicted octanol–water partition coefficient (Wildman–Crippen LogP) is 1.75. The molecular formula is C21H44IN5O2. The zero-order chi connectivity index (χ0) is 20.2. The number of unbranched alkanes of at least 4 members (excludes halogenated alkanes) is 1. The number of morpholine rings is 1. The first-order valence-corrected chi connectivity index (χ1v) is 11.3. The number of piperidine rings is 1. The lowest BCUT2D eigenvalue weighted by atomic mass is 10.0. The summed E-state index contributed by atoms with van der Waals surface area (Å²) in [6.45, 7) is 16.1. The lowest BCUT2D eigenvalue weighted by Crippen LogP contribution is -2.48. The molecule has 2 fully saturated rings. The van der Waals surface area contributed by atoms with Gasteiger partial charge in [-0.25, -0.2) is 0 Å². The fraction of sp³-hybridized carbons (Fsp3) is 0.952. The quantitative estimate of drug-likeness (QED) is 0.175. The van der Waals surface area contributed by atoms with Gasteiger partial charge in [0.15, 0.2) is 5.96 Å². The standard InChI is InChI=1S/C21H43N5O2.HI/c1-4-22-20(23-9-5-6-10-25-11-7-8-19(2)16-25)24-17-21(3,27)18-26-12-14-28-15-13-26;/h19,27H,4-18H2,1-3H3,(H2,22,23,24);1H. The number of β-amino-alcohol motifs (C(OH)–C–C–N with tert-alkyl or cyclic N) is 1. The molecule has 0 spiro atoms. The minimum atomic E-state index is -0.829. The van der Waals surface area contributed by atoms with Gasteiger partial charge in [0.2, 0.25) is 0 Å². The molecular weight excluding hydrogens is 481 g/mol. The van der Waals surface area contributed by atoms with Crippen LogP contribution >= 0.6 is 24.0 Å². The lowest BCUT2D eigenvalue weighted by molar-refractivity contribution is -0.0179. The second kappa shape index (κ2) is 14.8. The molecule has 0 aromatic heterocycles. The highest BCUT2D eigenvalue weighted by Crippen LogP contribution is 2.15. The maximum absolute atomic E-state index is 10.7. The molecule has 3 N–H and O–H groups in total. The summed E-state index contributed by atoms with van der Waals surface area (Å²) < 4.78 is 5.38. The molecule has 8 heteroatoms. The van der Waals surface area contributed by atoms with Crippen LogP contribution in [-0.4, -0.2) is 98.6 Å². The fourth-order valence-corrected chi connectivity index (χ4v) is 4.04. The van der Waals surface area contributed by atoms with Gasteiger partial charge in [-0.15, -0.1) is 24.0 Å². The summed E-state index contributed by atoms with van der Waals surface area (Å²) in [4.78, 5) is 9.48. The normalized spacial score (nSPS) is 23.9. The zero-order valence-electron chi connectivity index (χ0n) is 18.8. The van der Waals surface area contributed by atoms with E-state index in [0.29, 0.717) is 13.1 Å².